The summed E-state index contributed by atoms with van der Waals surface area (Å²) in [6.45, 7) is 1.66. The molecule has 0 aliphatic carbocycles. The summed E-state index contributed by atoms with van der Waals surface area (Å²) >= 11 is 0. The first kappa shape index (κ1) is 13.2. The number of aromatic nitrogens is 2. The summed E-state index contributed by atoms with van der Waals surface area (Å²) in [7, 11) is 0. The Balaban J connectivity index is 2.24. The van der Waals surface area contributed by atoms with Crippen molar-refractivity contribution < 1.29 is 5.21 Å². The van der Waals surface area contributed by atoms with Gasteiger partial charge in [0.1, 0.15) is 12.2 Å². The molecule has 0 amide bonds. The van der Waals surface area contributed by atoms with Crippen LogP contribution in [0.3, 0.4) is 0 Å². The van der Waals surface area contributed by atoms with Gasteiger partial charge in [-0.15, -0.1) is 0 Å². The zero-order valence-corrected chi connectivity index (χ0v) is 11.5. The van der Waals surface area contributed by atoms with Gasteiger partial charge in [0.25, 0.3) is 0 Å². The van der Waals surface area contributed by atoms with Crippen LogP contribution in [0.15, 0.2) is 60.0 Å². The Hall–Kier alpha value is -2.79. The fourth-order valence-electron chi connectivity index (χ4n) is 2.25. The minimum absolute atomic E-state index is 0.371. The zero-order valence-electron chi connectivity index (χ0n) is 11.5. The van der Waals surface area contributed by atoms with Gasteiger partial charge in [-0.2, -0.15) is 0 Å². The largest absolute Gasteiger partial charge is 0.290 e. The van der Waals surface area contributed by atoms with Gasteiger partial charge in [-0.1, -0.05) is 42.5 Å². The van der Waals surface area contributed by atoms with Gasteiger partial charge in [0.2, 0.25) is 0 Å². The fraction of sp³-hybridized carbons (Fsp3) is 0.0625. The standard InChI is InChI=1S/C16H14N4O/c1-11(20-21)19-16-15(9-17-10-18-16)14-8-4-6-12-5-2-3-7-13(12)14/h2-10,21H,1H3,(H,17,18,19,20). The number of hydrogen-bond acceptors (Lipinski definition) is 4. The summed E-state index contributed by atoms with van der Waals surface area (Å²) in [5.41, 5.74) is 3.85. The van der Waals surface area contributed by atoms with Crippen molar-refractivity contribution in [1.29, 1.82) is 0 Å². The van der Waals surface area contributed by atoms with E-state index in [1.54, 1.807) is 13.1 Å². The van der Waals surface area contributed by atoms with Gasteiger partial charge in [-0.25, -0.2) is 15.0 Å². The highest BCUT2D eigenvalue weighted by atomic mass is 16.5. The lowest BCUT2D eigenvalue weighted by Gasteiger charge is -2.08. The van der Waals surface area contributed by atoms with Crippen molar-refractivity contribution in [3.05, 3.63) is 55.0 Å². The van der Waals surface area contributed by atoms with E-state index >= 15 is 0 Å². The number of fused-ring (bicyclic) bond motifs is 1. The lowest BCUT2D eigenvalue weighted by Crippen LogP contribution is -2.14. The number of amidine groups is 1. The summed E-state index contributed by atoms with van der Waals surface area (Å²) in [6, 6.07) is 14.2. The first-order chi connectivity index (χ1) is 10.3. The Kier molecular flexibility index (Phi) is 3.57. The van der Waals surface area contributed by atoms with Gasteiger partial charge < -0.3 is 0 Å². The number of hydroxylamine groups is 1. The van der Waals surface area contributed by atoms with Crippen LogP contribution >= 0.6 is 0 Å². The van der Waals surface area contributed by atoms with Crippen LogP contribution in [0.5, 0.6) is 0 Å². The number of nitrogens with one attached hydrogen (secondary N) is 1. The second-order valence-corrected chi connectivity index (χ2v) is 4.60. The van der Waals surface area contributed by atoms with Crippen LogP contribution < -0.4 is 5.48 Å². The number of nitrogens with zero attached hydrogens (tertiary/aromatic N) is 3. The molecule has 0 unspecified atom stereocenters. The first-order valence-corrected chi connectivity index (χ1v) is 6.53. The molecular formula is C16H14N4O. The highest BCUT2D eigenvalue weighted by molar-refractivity contribution is 5.99. The van der Waals surface area contributed by atoms with Crippen molar-refractivity contribution in [3.63, 3.8) is 0 Å². The Morgan fingerprint density at radius 1 is 1.10 bits per heavy atom. The molecule has 0 atom stereocenters. The normalized spacial score (nSPS) is 11.6. The highest BCUT2D eigenvalue weighted by Crippen LogP contribution is 2.33. The maximum atomic E-state index is 8.91. The summed E-state index contributed by atoms with van der Waals surface area (Å²) in [4.78, 5) is 12.6. The average molecular weight is 278 g/mol. The number of aliphatic imine (C=N–C) groups is 1. The molecule has 5 heteroatoms. The van der Waals surface area contributed by atoms with Crippen LogP contribution in [0.2, 0.25) is 0 Å². The molecule has 0 fully saturated rings. The molecule has 0 radical (unpaired) electrons. The van der Waals surface area contributed by atoms with Crippen molar-refractivity contribution in [2.24, 2.45) is 4.99 Å². The van der Waals surface area contributed by atoms with Crippen molar-refractivity contribution in [3.8, 4) is 11.1 Å². The molecule has 1 heterocycles. The van der Waals surface area contributed by atoms with Crippen LogP contribution in [0.4, 0.5) is 5.82 Å². The summed E-state index contributed by atoms with van der Waals surface area (Å²) in [6.07, 6.45) is 3.18. The second kappa shape index (κ2) is 5.68. The van der Waals surface area contributed by atoms with Gasteiger partial charge in [0.05, 0.1) is 0 Å². The lowest BCUT2D eigenvalue weighted by atomic mass is 10.00. The second-order valence-electron chi connectivity index (χ2n) is 4.60. The Morgan fingerprint density at radius 2 is 1.90 bits per heavy atom. The SMILES string of the molecule is CC(=Nc1ncncc1-c1cccc2ccccc12)NO. The van der Waals surface area contributed by atoms with E-state index < -0.39 is 0 Å². The maximum absolute atomic E-state index is 8.91. The van der Waals surface area contributed by atoms with E-state index in [1.807, 2.05) is 29.7 Å². The maximum Gasteiger partial charge on any atom is 0.165 e. The number of rotatable bonds is 2. The Bertz CT molecular complexity index is 809. The van der Waals surface area contributed by atoms with Crippen molar-refractivity contribution >= 4 is 22.4 Å². The minimum atomic E-state index is 0.371. The molecule has 1 aromatic heterocycles. The molecule has 2 aromatic carbocycles. The number of benzene rings is 2. The van der Waals surface area contributed by atoms with Crippen LogP contribution in [-0.4, -0.2) is 21.0 Å². The molecule has 104 valence electrons. The van der Waals surface area contributed by atoms with Gasteiger partial charge in [-0.3, -0.25) is 10.7 Å². The van der Waals surface area contributed by atoms with Gasteiger partial charge in [0, 0.05) is 11.8 Å². The topological polar surface area (TPSA) is 70.4 Å². The first-order valence-electron chi connectivity index (χ1n) is 6.53. The lowest BCUT2D eigenvalue weighted by molar-refractivity contribution is 0.234. The molecule has 0 aliphatic rings. The molecule has 5 nitrogen and oxygen atoms in total. The third-order valence-corrected chi connectivity index (χ3v) is 3.21. The van der Waals surface area contributed by atoms with E-state index in [4.69, 9.17) is 5.21 Å². The van der Waals surface area contributed by atoms with Gasteiger partial charge >= 0.3 is 0 Å². The van der Waals surface area contributed by atoms with Crippen molar-refractivity contribution in [2.75, 3.05) is 0 Å². The quantitative estimate of drug-likeness (QED) is 0.428. The summed E-state index contributed by atoms with van der Waals surface area (Å²) in [5, 5.41) is 11.2. The van der Waals surface area contributed by atoms with Crippen LogP contribution in [-0.2, 0) is 0 Å². The molecule has 3 rings (SSSR count). The molecule has 3 aromatic rings. The van der Waals surface area contributed by atoms with E-state index in [0.29, 0.717) is 11.7 Å². The molecular weight excluding hydrogens is 264 g/mol. The van der Waals surface area contributed by atoms with Gasteiger partial charge in [-0.05, 0) is 23.3 Å². The van der Waals surface area contributed by atoms with E-state index in [9.17, 15) is 0 Å². The van der Waals surface area contributed by atoms with Crippen LogP contribution in [0.25, 0.3) is 21.9 Å². The molecule has 0 saturated heterocycles. The van der Waals surface area contributed by atoms with E-state index in [0.717, 1.165) is 21.9 Å². The summed E-state index contributed by atoms with van der Waals surface area (Å²) in [5.74, 6) is 0.885. The molecule has 0 spiro atoms. The third kappa shape index (κ3) is 2.59. The molecule has 21 heavy (non-hydrogen) atoms. The van der Waals surface area contributed by atoms with E-state index in [-0.39, 0.29) is 0 Å². The van der Waals surface area contributed by atoms with Gasteiger partial charge in [0.15, 0.2) is 5.82 Å². The average Bonchev–Trinajstić information content (AvgIpc) is 2.55. The molecule has 0 saturated carbocycles. The van der Waals surface area contributed by atoms with Crippen molar-refractivity contribution in [1.82, 2.24) is 15.4 Å². The molecule has 2 N–H and O–H groups in total. The van der Waals surface area contributed by atoms with Crippen LogP contribution in [0, 0.1) is 0 Å². The predicted molar refractivity (Wildman–Crippen MR) is 82.7 cm³/mol. The monoisotopic (exact) mass is 278 g/mol. The smallest absolute Gasteiger partial charge is 0.165 e. The van der Waals surface area contributed by atoms with E-state index in [1.165, 1.54) is 6.33 Å². The van der Waals surface area contributed by atoms with E-state index in [2.05, 4.69) is 33.2 Å². The molecule has 0 aliphatic heterocycles. The third-order valence-electron chi connectivity index (χ3n) is 3.21. The minimum Gasteiger partial charge on any atom is -0.290 e. The Morgan fingerprint density at radius 3 is 2.76 bits per heavy atom. The fourth-order valence-corrected chi connectivity index (χ4v) is 2.25. The predicted octanol–water partition coefficient (Wildman–Crippen LogP) is 3.33. The summed E-state index contributed by atoms with van der Waals surface area (Å²) < 4.78 is 0. The zero-order chi connectivity index (χ0) is 14.7. The number of hydrogen-bond donors (Lipinski definition) is 2. The van der Waals surface area contributed by atoms with Crippen LogP contribution in [0.1, 0.15) is 6.92 Å². The molecule has 0 bridgehead atoms. The Labute approximate surface area is 122 Å². The highest BCUT2D eigenvalue weighted by Gasteiger charge is 2.09. The van der Waals surface area contributed by atoms with Crippen molar-refractivity contribution in [2.45, 2.75) is 6.92 Å².